The van der Waals surface area contributed by atoms with Crippen molar-refractivity contribution in [2.45, 2.75) is 13.3 Å². The topological polar surface area (TPSA) is 45.6 Å². The van der Waals surface area contributed by atoms with E-state index in [1.165, 1.54) is 6.20 Å². The average molecular weight is 380 g/mol. The Balaban J connectivity index is 1.90. The standard InChI is InChI=1S/C17H15Cl2N3OS/c1-11-3-5-13(9-14(11)18)21-17-22(7-2-8-24-17)16(23)12-4-6-15(19)20-10-12/h3-6,9-10H,2,7-8H2,1H3. The smallest absolute Gasteiger partial charge is 0.261 e. The summed E-state index contributed by atoms with van der Waals surface area (Å²) in [4.78, 5) is 23.0. The third-order valence-electron chi connectivity index (χ3n) is 3.59. The Morgan fingerprint density at radius 2 is 2.12 bits per heavy atom. The highest BCUT2D eigenvalue weighted by molar-refractivity contribution is 8.13. The normalized spacial score (nSPS) is 16.5. The SMILES string of the molecule is Cc1ccc(N=C2SCCCN2C(=O)c2ccc(Cl)nc2)cc1Cl. The van der Waals surface area contributed by atoms with E-state index < -0.39 is 0 Å². The summed E-state index contributed by atoms with van der Waals surface area (Å²) in [6, 6.07) is 8.92. The van der Waals surface area contributed by atoms with Crippen LogP contribution in [0.3, 0.4) is 0 Å². The number of nitrogens with zero attached hydrogens (tertiary/aromatic N) is 3. The first-order chi connectivity index (χ1) is 11.5. The van der Waals surface area contributed by atoms with Crippen LogP contribution in [-0.2, 0) is 0 Å². The predicted octanol–water partition coefficient (Wildman–Crippen LogP) is 4.96. The van der Waals surface area contributed by atoms with Crippen LogP contribution in [-0.4, -0.2) is 33.3 Å². The van der Waals surface area contributed by atoms with Crippen LogP contribution in [0.15, 0.2) is 41.5 Å². The second-order valence-corrected chi connectivity index (χ2v) is 7.21. The van der Waals surface area contributed by atoms with Gasteiger partial charge in [0, 0.05) is 23.5 Å². The van der Waals surface area contributed by atoms with Gasteiger partial charge in [0.25, 0.3) is 5.91 Å². The van der Waals surface area contributed by atoms with E-state index in [1.807, 2.05) is 25.1 Å². The van der Waals surface area contributed by atoms with Crippen molar-refractivity contribution in [1.82, 2.24) is 9.88 Å². The van der Waals surface area contributed by atoms with Crippen LogP contribution in [0, 0.1) is 6.92 Å². The Hall–Kier alpha value is -1.56. The Morgan fingerprint density at radius 3 is 2.83 bits per heavy atom. The number of thioether (sulfide) groups is 1. The summed E-state index contributed by atoms with van der Waals surface area (Å²) in [6.45, 7) is 2.57. The summed E-state index contributed by atoms with van der Waals surface area (Å²) >= 11 is 13.5. The lowest BCUT2D eigenvalue weighted by atomic mass is 10.2. The molecule has 1 aliphatic rings. The number of hydrogen-bond acceptors (Lipinski definition) is 4. The van der Waals surface area contributed by atoms with Gasteiger partial charge in [-0.25, -0.2) is 9.98 Å². The number of amidine groups is 1. The lowest BCUT2D eigenvalue weighted by Gasteiger charge is -2.27. The van der Waals surface area contributed by atoms with Gasteiger partial charge in [-0.15, -0.1) is 0 Å². The number of pyridine rings is 1. The van der Waals surface area contributed by atoms with E-state index in [0.717, 1.165) is 23.4 Å². The van der Waals surface area contributed by atoms with Gasteiger partial charge >= 0.3 is 0 Å². The maximum absolute atomic E-state index is 12.8. The van der Waals surface area contributed by atoms with Crippen molar-refractivity contribution >= 4 is 51.7 Å². The minimum absolute atomic E-state index is 0.122. The lowest BCUT2D eigenvalue weighted by molar-refractivity contribution is 0.0849. The Bertz CT molecular complexity index is 793. The van der Waals surface area contributed by atoms with Gasteiger partial charge in [0.2, 0.25) is 0 Å². The first-order valence-electron chi connectivity index (χ1n) is 7.45. The second kappa shape index (κ2) is 7.55. The molecule has 24 heavy (non-hydrogen) atoms. The van der Waals surface area contributed by atoms with E-state index in [2.05, 4.69) is 9.98 Å². The van der Waals surface area contributed by atoms with Crippen molar-refractivity contribution in [1.29, 1.82) is 0 Å². The number of carbonyl (C=O) groups is 1. The monoisotopic (exact) mass is 379 g/mol. The maximum Gasteiger partial charge on any atom is 0.261 e. The molecule has 1 saturated heterocycles. The van der Waals surface area contributed by atoms with Crippen LogP contribution in [0.2, 0.25) is 10.2 Å². The molecule has 1 fully saturated rings. The van der Waals surface area contributed by atoms with Gasteiger partial charge in [0.1, 0.15) is 5.15 Å². The van der Waals surface area contributed by atoms with Gasteiger partial charge in [-0.2, -0.15) is 0 Å². The molecule has 0 radical (unpaired) electrons. The molecular formula is C17H15Cl2N3OS. The van der Waals surface area contributed by atoms with Gasteiger partial charge in [-0.05, 0) is 43.2 Å². The average Bonchev–Trinajstić information content (AvgIpc) is 2.59. The van der Waals surface area contributed by atoms with Crippen molar-refractivity contribution < 1.29 is 4.79 Å². The molecule has 1 amide bonds. The van der Waals surface area contributed by atoms with Crippen molar-refractivity contribution in [2.24, 2.45) is 4.99 Å². The number of hydrogen-bond donors (Lipinski definition) is 0. The Kier molecular flexibility index (Phi) is 5.43. The molecule has 0 saturated carbocycles. The number of amides is 1. The minimum Gasteiger partial charge on any atom is -0.287 e. The van der Waals surface area contributed by atoms with Crippen molar-refractivity contribution in [3.63, 3.8) is 0 Å². The van der Waals surface area contributed by atoms with E-state index >= 15 is 0 Å². The molecule has 1 aliphatic heterocycles. The van der Waals surface area contributed by atoms with Crippen LogP contribution in [0.1, 0.15) is 22.3 Å². The zero-order valence-corrected chi connectivity index (χ0v) is 15.3. The number of rotatable bonds is 2. The zero-order valence-electron chi connectivity index (χ0n) is 13.0. The largest absolute Gasteiger partial charge is 0.287 e. The molecule has 4 nitrogen and oxygen atoms in total. The number of carbonyl (C=O) groups excluding carboxylic acids is 1. The molecule has 1 aromatic carbocycles. The molecule has 124 valence electrons. The fourth-order valence-electron chi connectivity index (χ4n) is 2.26. The minimum atomic E-state index is -0.122. The van der Waals surface area contributed by atoms with E-state index in [9.17, 15) is 4.79 Å². The number of aryl methyl sites for hydroxylation is 1. The molecule has 2 heterocycles. The maximum atomic E-state index is 12.8. The first-order valence-corrected chi connectivity index (χ1v) is 9.20. The molecule has 0 aliphatic carbocycles. The fourth-order valence-corrected chi connectivity index (χ4v) is 3.50. The highest BCUT2D eigenvalue weighted by Gasteiger charge is 2.25. The second-order valence-electron chi connectivity index (χ2n) is 5.36. The zero-order chi connectivity index (χ0) is 17.1. The van der Waals surface area contributed by atoms with Crippen LogP contribution in [0.25, 0.3) is 0 Å². The molecule has 0 atom stereocenters. The van der Waals surface area contributed by atoms with Crippen LogP contribution < -0.4 is 0 Å². The third-order valence-corrected chi connectivity index (χ3v) is 5.28. The van der Waals surface area contributed by atoms with Gasteiger partial charge in [-0.3, -0.25) is 9.69 Å². The third kappa shape index (κ3) is 3.91. The van der Waals surface area contributed by atoms with Gasteiger partial charge in [0.05, 0.1) is 11.3 Å². The summed E-state index contributed by atoms with van der Waals surface area (Å²) in [5, 5.41) is 1.71. The van der Waals surface area contributed by atoms with Crippen LogP contribution in [0.5, 0.6) is 0 Å². The van der Waals surface area contributed by atoms with Crippen molar-refractivity contribution in [2.75, 3.05) is 12.3 Å². The summed E-state index contributed by atoms with van der Waals surface area (Å²) in [7, 11) is 0. The van der Waals surface area contributed by atoms with Gasteiger partial charge < -0.3 is 0 Å². The van der Waals surface area contributed by atoms with Crippen LogP contribution >= 0.6 is 35.0 Å². The number of aliphatic imine (C=N–C) groups is 1. The van der Waals surface area contributed by atoms with Crippen molar-refractivity contribution in [3.05, 3.63) is 57.8 Å². The summed E-state index contributed by atoms with van der Waals surface area (Å²) in [5.74, 6) is 0.810. The van der Waals surface area contributed by atoms with Crippen LogP contribution in [0.4, 0.5) is 5.69 Å². The molecule has 7 heteroatoms. The molecule has 0 N–H and O–H groups in total. The van der Waals surface area contributed by atoms with E-state index in [4.69, 9.17) is 23.2 Å². The quantitative estimate of drug-likeness (QED) is 0.692. The van der Waals surface area contributed by atoms with Gasteiger partial charge in [0.15, 0.2) is 5.17 Å². The number of halogens is 2. The van der Waals surface area contributed by atoms with E-state index in [0.29, 0.717) is 27.5 Å². The molecule has 0 unspecified atom stereocenters. The number of benzene rings is 1. The molecule has 1 aromatic heterocycles. The predicted molar refractivity (Wildman–Crippen MR) is 101 cm³/mol. The fraction of sp³-hybridized carbons (Fsp3) is 0.235. The van der Waals surface area contributed by atoms with E-state index in [1.54, 1.807) is 28.8 Å². The lowest BCUT2D eigenvalue weighted by Crippen LogP contribution is -2.39. The van der Waals surface area contributed by atoms with Crippen molar-refractivity contribution in [3.8, 4) is 0 Å². The highest BCUT2D eigenvalue weighted by atomic mass is 35.5. The Labute approximate surface area is 154 Å². The van der Waals surface area contributed by atoms with Gasteiger partial charge in [-0.1, -0.05) is 41.0 Å². The summed E-state index contributed by atoms with van der Waals surface area (Å²) in [5.41, 5.74) is 2.23. The summed E-state index contributed by atoms with van der Waals surface area (Å²) < 4.78 is 0. The molecule has 2 aromatic rings. The van der Waals surface area contributed by atoms with E-state index in [-0.39, 0.29) is 5.91 Å². The molecule has 0 spiro atoms. The Morgan fingerprint density at radius 1 is 1.29 bits per heavy atom. The summed E-state index contributed by atoms with van der Waals surface area (Å²) in [6.07, 6.45) is 2.41. The molecule has 0 bridgehead atoms. The molecular weight excluding hydrogens is 365 g/mol. The number of aromatic nitrogens is 1. The molecule has 3 rings (SSSR count). The highest BCUT2D eigenvalue weighted by Crippen LogP contribution is 2.27. The first kappa shape index (κ1) is 17.3.